The van der Waals surface area contributed by atoms with Crippen LogP contribution in [0.2, 0.25) is 0 Å². The van der Waals surface area contributed by atoms with Gasteiger partial charge in [-0.25, -0.2) is 0 Å². The van der Waals surface area contributed by atoms with Crippen molar-refractivity contribution in [2.24, 2.45) is 5.73 Å². The second kappa shape index (κ2) is 9.56. The zero-order chi connectivity index (χ0) is 22.9. The van der Waals surface area contributed by atoms with Crippen LogP contribution in [0.3, 0.4) is 0 Å². The summed E-state index contributed by atoms with van der Waals surface area (Å²) in [4.78, 5) is 45.1. The van der Waals surface area contributed by atoms with Crippen LogP contribution in [0.5, 0.6) is 0 Å². The molecule has 1 saturated heterocycles. The summed E-state index contributed by atoms with van der Waals surface area (Å²) in [6.45, 7) is 0.387. The largest absolute Gasteiger partial charge is 0.352 e. The summed E-state index contributed by atoms with van der Waals surface area (Å²) >= 11 is 2.82. The first kappa shape index (κ1) is 22.6. The lowest BCUT2D eigenvalue weighted by atomic mass is 9.91. The first-order chi connectivity index (χ1) is 16.0. The van der Waals surface area contributed by atoms with Crippen molar-refractivity contribution in [1.82, 2.24) is 15.1 Å². The Balaban J connectivity index is 1.36. The highest BCUT2D eigenvalue weighted by atomic mass is 32.1. The van der Waals surface area contributed by atoms with Crippen LogP contribution in [0.1, 0.15) is 64.3 Å². The third-order valence-corrected chi connectivity index (χ3v) is 8.71. The van der Waals surface area contributed by atoms with Crippen molar-refractivity contribution in [3.63, 3.8) is 0 Å². The topological polar surface area (TPSA) is 95.7 Å². The van der Waals surface area contributed by atoms with E-state index in [0.29, 0.717) is 22.7 Å². The second-order valence-corrected chi connectivity index (χ2v) is 11.3. The van der Waals surface area contributed by atoms with Crippen LogP contribution >= 0.6 is 22.7 Å². The van der Waals surface area contributed by atoms with E-state index < -0.39 is 6.04 Å². The minimum Gasteiger partial charge on any atom is -0.352 e. The van der Waals surface area contributed by atoms with Gasteiger partial charge in [-0.05, 0) is 67.8 Å². The Kier molecular flexibility index (Phi) is 6.53. The van der Waals surface area contributed by atoms with Gasteiger partial charge >= 0.3 is 0 Å². The number of thiophene rings is 2. The van der Waals surface area contributed by atoms with Gasteiger partial charge < -0.3 is 20.9 Å². The smallest absolute Gasteiger partial charge is 0.264 e. The molecule has 9 heteroatoms. The Bertz CT molecular complexity index is 982. The van der Waals surface area contributed by atoms with Crippen LogP contribution in [0.15, 0.2) is 35.0 Å². The van der Waals surface area contributed by atoms with E-state index in [0.717, 1.165) is 38.5 Å². The maximum atomic E-state index is 13.4. The third-order valence-electron chi connectivity index (χ3n) is 6.99. The van der Waals surface area contributed by atoms with Gasteiger partial charge in [-0.2, -0.15) is 0 Å². The van der Waals surface area contributed by atoms with E-state index in [1.165, 1.54) is 22.7 Å². The molecule has 3 amide bonds. The van der Waals surface area contributed by atoms with Crippen molar-refractivity contribution in [3.8, 4) is 0 Å². The van der Waals surface area contributed by atoms with Gasteiger partial charge in [0.2, 0.25) is 5.91 Å². The molecule has 3 N–H and O–H groups in total. The molecule has 0 bridgehead atoms. The summed E-state index contributed by atoms with van der Waals surface area (Å²) in [7, 11) is 0. The van der Waals surface area contributed by atoms with Crippen molar-refractivity contribution in [3.05, 3.63) is 44.8 Å². The fraction of sp³-hybridized carbons (Fsp3) is 0.542. The number of nitrogens with two attached hydrogens (primary N) is 1. The molecule has 2 unspecified atom stereocenters. The highest BCUT2D eigenvalue weighted by Gasteiger charge is 2.47. The quantitative estimate of drug-likeness (QED) is 0.656. The summed E-state index contributed by atoms with van der Waals surface area (Å²) < 4.78 is 0. The van der Waals surface area contributed by atoms with Crippen LogP contribution in [-0.2, 0) is 4.79 Å². The molecule has 2 aliphatic carbocycles. The highest BCUT2D eigenvalue weighted by Crippen LogP contribution is 2.36. The standard InChI is InChI=1S/C24H30N4O3S2/c25-15-5-7-16(8-6-15)26-22(29)19-13-18(14-27(19)23(30)20-3-1-11-32-20)28(17-9-10-17)24(31)21-4-2-12-33-21/h1-4,11-12,15-19H,5-10,13-14,25H2,(H,26,29). The van der Waals surface area contributed by atoms with Gasteiger partial charge in [0, 0.05) is 24.7 Å². The number of likely N-dealkylation sites (tertiary alicyclic amines) is 1. The van der Waals surface area contributed by atoms with Crippen molar-refractivity contribution < 1.29 is 14.4 Å². The van der Waals surface area contributed by atoms with Crippen LogP contribution in [0.25, 0.3) is 0 Å². The van der Waals surface area contributed by atoms with E-state index in [-0.39, 0.29) is 41.9 Å². The second-order valence-electron chi connectivity index (χ2n) is 9.38. The van der Waals surface area contributed by atoms with Crippen molar-refractivity contribution in [2.45, 2.75) is 75.2 Å². The summed E-state index contributed by atoms with van der Waals surface area (Å²) in [5.41, 5.74) is 6.02. The van der Waals surface area contributed by atoms with Crippen molar-refractivity contribution in [1.29, 1.82) is 0 Å². The molecule has 7 nitrogen and oxygen atoms in total. The normalized spacial score (nSPS) is 27.4. The van der Waals surface area contributed by atoms with Crippen LogP contribution in [0.4, 0.5) is 0 Å². The SMILES string of the molecule is NC1CCC(NC(=O)C2CC(N(C(=O)c3cccs3)C3CC3)CN2C(=O)c2cccs2)CC1. The molecule has 33 heavy (non-hydrogen) atoms. The van der Waals surface area contributed by atoms with E-state index in [1.54, 1.807) is 11.0 Å². The molecule has 3 heterocycles. The molecule has 176 valence electrons. The minimum atomic E-state index is -0.572. The first-order valence-corrected chi connectivity index (χ1v) is 13.5. The van der Waals surface area contributed by atoms with Crippen molar-refractivity contribution >= 4 is 40.4 Å². The lowest BCUT2D eigenvalue weighted by Gasteiger charge is -2.29. The van der Waals surface area contributed by atoms with E-state index in [1.807, 2.05) is 33.9 Å². The van der Waals surface area contributed by atoms with Gasteiger partial charge in [-0.15, -0.1) is 22.7 Å². The molecule has 2 aromatic heterocycles. The molecule has 0 spiro atoms. The van der Waals surface area contributed by atoms with Crippen LogP contribution in [-0.4, -0.2) is 64.3 Å². The maximum absolute atomic E-state index is 13.4. The average Bonchev–Trinajstić information content (AvgIpc) is 3.24. The number of nitrogens with one attached hydrogen (secondary N) is 1. The predicted octanol–water partition coefficient (Wildman–Crippen LogP) is 3.08. The maximum Gasteiger partial charge on any atom is 0.264 e. The Morgan fingerprint density at radius 3 is 2.21 bits per heavy atom. The number of amides is 3. The molecule has 1 aliphatic heterocycles. The Labute approximate surface area is 201 Å². The predicted molar refractivity (Wildman–Crippen MR) is 129 cm³/mol. The number of nitrogens with zero attached hydrogens (tertiary/aromatic N) is 2. The van der Waals surface area contributed by atoms with Gasteiger partial charge in [0.15, 0.2) is 0 Å². The van der Waals surface area contributed by atoms with Gasteiger partial charge in [-0.1, -0.05) is 12.1 Å². The van der Waals surface area contributed by atoms with Gasteiger partial charge in [0.1, 0.15) is 6.04 Å². The molecule has 3 aliphatic rings. The van der Waals surface area contributed by atoms with Crippen molar-refractivity contribution in [2.75, 3.05) is 6.54 Å². The Hall–Kier alpha value is -2.23. The molecule has 3 fully saturated rings. The van der Waals surface area contributed by atoms with Gasteiger partial charge in [0.25, 0.3) is 11.8 Å². The fourth-order valence-electron chi connectivity index (χ4n) is 5.10. The van der Waals surface area contributed by atoms with E-state index in [4.69, 9.17) is 5.73 Å². The molecule has 0 aromatic carbocycles. The Morgan fingerprint density at radius 1 is 0.939 bits per heavy atom. The Morgan fingerprint density at radius 2 is 1.61 bits per heavy atom. The van der Waals surface area contributed by atoms with Gasteiger partial charge in [0.05, 0.1) is 15.8 Å². The molecule has 2 atom stereocenters. The molecule has 0 radical (unpaired) electrons. The lowest BCUT2D eigenvalue weighted by molar-refractivity contribution is -0.125. The lowest BCUT2D eigenvalue weighted by Crippen LogP contribution is -2.50. The number of carbonyl (C=O) groups is 3. The fourth-order valence-corrected chi connectivity index (χ4v) is 6.45. The first-order valence-electron chi connectivity index (χ1n) is 11.8. The monoisotopic (exact) mass is 486 g/mol. The van der Waals surface area contributed by atoms with Gasteiger partial charge in [-0.3, -0.25) is 14.4 Å². The molecular weight excluding hydrogens is 456 g/mol. The highest BCUT2D eigenvalue weighted by molar-refractivity contribution is 7.12. The average molecular weight is 487 g/mol. The van der Waals surface area contributed by atoms with E-state index in [9.17, 15) is 14.4 Å². The summed E-state index contributed by atoms with van der Waals surface area (Å²) in [6, 6.07) is 7.16. The summed E-state index contributed by atoms with van der Waals surface area (Å²) in [5.74, 6) is -0.219. The zero-order valence-electron chi connectivity index (χ0n) is 18.5. The number of rotatable bonds is 6. The van der Waals surface area contributed by atoms with E-state index >= 15 is 0 Å². The molecule has 2 saturated carbocycles. The van der Waals surface area contributed by atoms with Crippen LogP contribution in [0, 0.1) is 0 Å². The summed E-state index contributed by atoms with van der Waals surface area (Å²) in [5, 5.41) is 6.97. The zero-order valence-corrected chi connectivity index (χ0v) is 20.2. The van der Waals surface area contributed by atoms with E-state index in [2.05, 4.69) is 5.32 Å². The number of carbonyl (C=O) groups excluding carboxylic acids is 3. The minimum absolute atomic E-state index is 0.0170. The molecule has 2 aromatic rings. The van der Waals surface area contributed by atoms with Crippen LogP contribution < -0.4 is 11.1 Å². The summed E-state index contributed by atoms with van der Waals surface area (Å²) in [6.07, 6.45) is 5.97. The number of hydrogen-bond acceptors (Lipinski definition) is 6. The molecular formula is C24H30N4O3S2. The number of hydrogen-bond donors (Lipinski definition) is 2. The molecule has 5 rings (SSSR count). The third kappa shape index (κ3) is 4.85.